The van der Waals surface area contributed by atoms with Gasteiger partial charge < -0.3 is 18.6 Å². The molecule has 3 aromatic carbocycles. The molecule has 0 fully saturated rings. The molecule has 0 atom stereocenters. The van der Waals surface area contributed by atoms with Gasteiger partial charge in [0.2, 0.25) is 0 Å². The number of methoxy groups -OCH3 is 2. The van der Waals surface area contributed by atoms with Gasteiger partial charge in [0, 0.05) is 11.5 Å². The number of fused-ring (bicyclic) bond motifs is 1. The van der Waals surface area contributed by atoms with Crippen LogP contribution in [0.15, 0.2) is 69.9 Å². The Hall–Kier alpha value is -3.73. The molecule has 158 valence electrons. The number of aryl methyl sites for hydroxylation is 2. The topological polar surface area (TPSA) is 57.9 Å². The molecule has 0 unspecified atom stereocenters. The van der Waals surface area contributed by atoms with Crippen LogP contribution in [0.1, 0.15) is 16.7 Å². The first-order valence-electron chi connectivity index (χ1n) is 9.97. The van der Waals surface area contributed by atoms with E-state index in [1.807, 2.05) is 18.2 Å². The Balaban J connectivity index is 1.64. The quantitative estimate of drug-likeness (QED) is 0.379. The average Bonchev–Trinajstić information content (AvgIpc) is 2.78. The highest BCUT2D eigenvalue weighted by molar-refractivity contribution is 5.83. The van der Waals surface area contributed by atoms with Crippen molar-refractivity contribution in [3.63, 3.8) is 0 Å². The van der Waals surface area contributed by atoms with E-state index in [0.717, 1.165) is 10.9 Å². The number of benzene rings is 3. The largest absolute Gasteiger partial charge is 0.493 e. The molecule has 0 amide bonds. The van der Waals surface area contributed by atoms with Crippen molar-refractivity contribution in [1.82, 2.24) is 0 Å². The Labute approximate surface area is 180 Å². The van der Waals surface area contributed by atoms with Gasteiger partial charge in [-0.25, -0.2) is 4.79 Å². The van der Waals surface area contributed by atoms with Gasteiger partial charge in [0.15, 0.2) is 11.5 Å². The first-order chi connectivity index (χ1) is 15.0. The average molecular weight is 416 g/mol. The third-order valence-corrected chi connectivity index (χ3v) is 5.30. The number of rotatable bonds is 6. The van der Waals surface area contributed by atoms with E-state index in [1.165, 1.54) is 11.1 Å². The maximum atomic E-state index is 12.7. The lowest BCUT2D eigenvalue weighted by atomic mass is 10.1. The molecule has 31 heavy (non-hydrogen) atoms. The van der Waals surface area contributed by atoms with Crippen LogP contribution in [-0.2, 0) is 6.61 Å². The number of ether oxygens (including phenoxy) is 3. The fourth-order valence-corrected chi connectivity index (χ4v) is 3.50. The molecule has 0 saturated carbocycles. The second-order valence-electron chi connectivity index (χ2n) is 7.44. The molecule has 4 aromatic rings. The third-order valence-electron chi connectivity index (χ3n) is 5.30. The van der Waals surface area contributed by atoms with Crippen molar-refractivity contribution >= 4 is 11.0 Å². The Morgan fingerprint density at radius 1 is 0.839 bits per heavy atom. The van der Waals surface area contributed by atoms with E-state index in [-0.39, 0.29) is 0 Å². The van der Waals surface area contributed by atoms with Gasteiger partial charge in [-0.3, -0.25) is 0 Å². The minimum absolute atomic E-state index is 0.425. The summed E-state index contributed by atoms with van der Waals surface area (Å²) in [6, 6.07) is 19.0. The predicted octanol–water partition coefficient (Wildman–Crippen LogP) is 5.67. The molecule has 0 saturated heterocycles. The molecule has 1 aromatic heterocycles. The van der Waals surface area contributed by atoms with Gasteiger partial charge in [0.05, 0.1) is 19.8 Å². The summed E-state index contributed by atoms with van der Waals surface area (Å²) in [7, 11) is 3.13. The van der Waals surface area contributed by atoms with Crippen LogP contribution in [0.2, 0.25) is 0 Å². The lowest BCUT2D eigenvalue weighted by Crippen LogP contribution is -2.03. The van der Waals surface area contributed by atoms with Gasteiger partial charge in [0.1, 0.15) is 17.9 Å². The van der Waals surface area contributed by atoms with Gasteiger partial charge in [0.25, 0.3) is 0 Å². The lowest BCUT2D eigenvalue weighted by molar-refractivity contribution is 0.305. The summed E-state index contributed by atoms with van der Waals surface area (Å²) in [4.78, 5) is 12.7. The fraction of sp³-hybridized carbons (Fsp3) is 0.192. The first kappa shape index (κ1) is 20.5. The molecule has 5 nitrogen and oxygen atoms in total. The number of hydrogen-bond acceptors (Lipinski definition) is 5. The monoisotopic (exact) mass is 416 g/mol. The third kappa shape index (κ3) is 4.26. The maximum absolute atomic E-state index is 12.7. The van der Waals surface area contributed by atoms with E-state index in [9.17, 15) is 4.79 Å². The Kier molecular flexibility index (Phi) is 5.67. The van der Waals surface area contributed by atoms with Crippen LogP contribution >= 0.6 is 0 Å². The van der Waals surface area contributed by atoms with Crippen molar-refractivity contribution in [1.29, 1.82) is 0 Å². The highest BCUT2D eigenvalue weighted by atomic mass is 16.5. The van der Waals surface area contributed by atoms with Crippen molar-refractivity contribution in [3.05, 3.63) is 87.8 Å². The van der Waals surface area contributed by atoms with E-state index in [0.29, 0.717) is 40.6 Å². The van der Waals surface area contributed by atoms with Crippen molar-refractivity contribution in [2.24, 2.45) is 0 Å². The zero-order valence-electron chi connectivity index (χ0n) is 18.0. The Morgan fingerprint density at radius 2 is 1.65 bits per heavy atom. The molecule has 0 radical (unpaired) electrons. The van der Waals surface area contributed by atoms with Crippen LogP contribution in [0.5, 0.6) is 17.2 Å². The van der Waals surface area contributed by atoms with Crippen molar-refractivity contribution in [2.75, 3.05) is 14.2 Å². The molecule has 0 aliphatic rings. The SMILES string of the molecule is COc1ccc(-c2cc3ccc(OCc4cc(C)ccc4C)cc3oc2=O)cc1OC. The zero-order chi connectivity index (χ0) is 22.0. The van der Waals surface area contributed by atoms with Crippen LogP contribution < -0.4 is 19.8 Å². The van der Waals surface area contributed by atoms with Crippen LogP contribution in [0.4, 0.5) is 0 Å². The van der Waals surface area contributed by atoms with Crippen LogP contribution in [-0.4, -0.2) is 14.2 Å². The lowest BCUT2D eigenvalue weighted by Gasteiger charge is -2.11. The van der Waals surface area contributed by atoms with E-state index >= 15 is 0 Å². The normalized spacial score (nSPS) is 10.8. The molecule has 0 N–H and O–H groups in total. The van der Waals surface area contributed by atoms with E-state index in [4.69, 9.17) is 18.6 Å². The second kappa shape index (κ2) is 8.56. The molecule has 0 aliphatic heterocycles. The zero-order valence-corrected chi connectivity index (χ0v) is 18.0. The van der Waals surface area contributed by atoms with Crippen LogP contribution in [0.25, 0.3) is 22.1 Å². The Morgan fingerprint density at radius 3 is 2.42 bits per heavy atom. The van der Waals surface area contributed by atoms with Crippen molar-refractivity contribution < 1.29 is 18.6 Å². The van der Waals surface area contributed by atoms with E-state index < -0.39 is 5.63 Å². The molecule has 0 aliphatic carbocycles. The predicted molar refractivity (Wildman–Crippen MR) is 121 cm³/mol. The van der Waals surface area contributed by atoms with Gasteiger partial charge in [-0.2, -0.15) is 0 Å². The van der Waals surface area contributed by atoms with Crippen molar-refractivity contribution in [2.45, 2.75) is 20.5 Å². The second-order valence-corrected chi connectivity index (χ2v) is 7.44. The maximum Gasteiger partial charge on any atom is 0.344 e. The summed E-state index contributed by atoms with van der Waals surface area (Å²) >= 11 is 0. The Bertz CT molecular complexity index is 1300. The molecule has 4 rings (SSSR count). The molecular weight excluding hydrogens is 392 g/mol. The van der Waals surface area contributed by atoms with Gasteiger partial charge in [-0.05, 0) is 60.9 Å². The summed E-state index contributed by atoms with van der Waals surface area (Å²) in [6.45, 7) is 4.57. The smallest absolute Gasteiger partial charge is 0.344 e. The molecule has 0 bridgehead atoms. The number of hydrogen-bond donors (Lipinski definition) is 0. The molecule has 0 spiro atoms. The van der Waals surface area contributed by atoms with Gasteiger partial charge in [-0.1, -0.05) is 29.8 Å². The van der Waals surface area contributed by atoms with Crippen LogP contribution in [0, 0.1) is 13.8 Å². The standard InChI is InChI=1S/C26H24O5/c1-16-5-6-17(2)20(11-16)15-30-21-9-7-19-12-22(26(27)31-24(19)14-21)18-8-10-23(28-3)25(13-18)29-4/h5-14H,15H2,1-4H3. The summed E-state index contributed by atoms with van der Waals surface area (Å²) in [5, 5.41) is 0.809. The minimum atomic E-state index is -0.425. The molecular formula is C26H24O5. The minimum Gasteiger partial charge on any atom is -0.493 e. The highest BCUT2D eigenvalue weighted by Gasteiger charge is 2.12. The van der Waals surface area contributed by atoms with E-state index in [2.05, 4.69) is 32.0 Å². The van der Waals surface area contributed by atoms with Crippen molar-refractivity contribution in [3.8, 4) is 28.4 Å². The van der Waals surface area contributed by atoms with Gasteiger partial charge >= 0.3 is 5.63 Å². The molecule has 1 heterocycles. The summed E-state index contributed by atoms with van der Waals surface area (Å²) in [5.41, 5.74) is 4.71. The first-order valence-corrected chi connectivity index (χ1v) is 9.97. The van der Waals surface area contributed by atoms with E-state index in [1.54, 1.807) is 38.5 Å². The summed E-state index contributed by atoms with van der Waals surface area (Å²) in [6.07, 6.45) is 0. The van der Waals surface area contributed by atoms with Gasteiger partial charge in [-0.15, -0.1) is 0 Å². The fourth-order valence-electron chi connectivity index (χ4n) is 3.50. The molecule has 5 heteroatoms. The highest BCUT2D eigenvalue weighted by Crippen LogP contribution is 2.32. The van der Waals surface area contributed by atoms with Crippen LogP contribution in [0.3, 0.4) is 0 Å². The summed E-state index contributed by atoms with van der Waals surface area (Å²) < 4.78 is 22.2. The summed E-state index contributed by atoms with van der Waals surface area (Å²) in [5.74, 6) is 1.80.